The number of hydrogen-bond donors (Lipinski definition) is 0. The third kappa shape index (κ3) is 3.49. The number of nitrogens with zero attached hydrogens (tertiary/aromatic N) is 2. The first-order valence-electron chi connectivity index (χ1n) is 6.00. The van der Waals surface area contributed by atoms with E-state index >= 15 is 0 Å². The molecule has 0 aromatic carbocycles. The van der Waals surface area contributed by atoms with Crippen molar-refractivity contribution < 1.29 is 22.4 Å². The summed E-state index contributed by atoms with van der Waals surface area (Å²) in [5.41, 5.74) is -0.736. The Balaban J connectivity index is 2.30. The predicted molar refractivity (Wildman–Crippen MR) is 72.3 cm³/mol. The molecule has 0 aliphatic heterocycles. The van der Waals surface area contributed by atoms with Crippen molar-refractivity contribution in [1.82, 2.24) is 4.98 Å². The van der Waals surface area contributed by atoms with E-state index in [2.05, 4.69) is 4.98 Å². The Morgan fingerprint density at radius 2 is 2.18 bits per heavy atom. The summed E-state index contributed by atoms with van der Waals surface area (Å²) in [6, 6.07) is 5.71. The summed E-state index contributed by atoms with van der Waals surface area (Å²) < 4.78 is 43.5. The molecule has 0 saturated carbocycles. The molecule has 0 spiro atoms. The molecule has 0 saturated heterocycles. The minimum absolute atomic E-state index is 0.0149. The van der Waals surface area contributed by atoms with Gasteiger partial charge in [0.2, 0.25) is 0 Å². The van der Waals surface area contributed by atoms with Crippen LogP contribution < -0.4 is 0 Å². The molecule has 114 valence electrons. The van der Waals surface area contributed by atoms with E-state index in [1.165, 1.54) is 13.0 Å². The quantitative estimate of drug-likeness (QED) is 0.628. The number of rotatable bonds is 4. The zero-order chi connectivity index (χ0) is 16.3. The third-order valence-electron chi connectivity index (χ3n) is 2.74. The summed E-state index contributed by atoms with van der Waals surface area (Å²) in [6.07, 6.45) is -4.05. The van der Waals surface area contributed by atoms with E-state index in [9.17, 15) is 18.0 Å². The second-order valence-electron chi connectivity index (χ2n) is 4.32. The average Bonchev–Trinajstić information content (AvgIpc) is 2.91. The summed E-state index contributed by atoms with van der Waals surface area (Å²) in [5.74, 6) is 0.702. The maximum absolute atomic E-state index is 12.8. The van der Waals surface area contributed by atoms with Gasteiger partial charge in [-0.05, 0) is 30.7 Å². The van der Waals surface area contributed by atoms with Crippen LogP contribution in [0.15, 0.2) is 27.6 Å². The molecule has 0 aliphatic rings. The van der Waals surface area contributed by atoms with Gasteiger partial charge >= 0.3 is 6.18 Å². The summed E-state index contributed by atoms with van der Waals surface area (Å²) in [7, 11) is 0. The van der Waals surface area contributed by atoms with Crippen molar-refractivity contribution in [3.05, 3.63) is 46.5 Å². The predicted octanol–water partition coefficient (Wildman–Crippen LogP) is 3.98. The van der Waals surface area contributed by atoms with Crippen LogP contribution in [-0.4, -0.2) is 11.3 Å². The molecule has 0 radical (unpaired) electrons. The highest BCUT2D eigenvalue weighted by atomic mass is 32.2. The van der Waals surface area contributed by atoms with Crippen molar-refractivity contribution in [3.8, 4) is 6.07 Å². The molecule has 0 aliphatic carbocycles. The van der Waals surface area contributed by atoms with Crippen LogP contribution >= 0.6 is 11.8 Å². The van der Waals surface area contributed by atoms with E-state index in [-0.39, 0.29) is 27.7 Å². The molecular formula is C14H9F3N2O2S. The van der Waals surface area contributed by atoms with Gasteiger partial charge in [-0.1, -0.05) is 11.8 Å². The fourth-order valence-electron chi connectivity index (χ4n) is 1.70. The summed E-state index contributed by atoms with van der Waals surface area (Å²) in [4.78, 5) is 14.0. The average molecular weight is 326 g/mol. The van der Waals surface area contributed by atoms with Crippen molar-refractivity contribution in [3.63, 3.8) is 0 Å². The Labute approximate surface area is 128 Å². The van der Waals surface area contributed by atoms with E-state index < -0.39 is 11.9 Å². The lowest BCUT2D eigenvalue weighted by Crippen LogP contribution is -2.10. The molecule has 2 aromatic rings. The van der Waals surface area contributed by atoms with Crippen LogP contribution in [0.5, 0.6) is 0 Å². The lowest BCUT2D eigenvalue weighted by atomic mass is 10.1. The summed E-state index contributed by atoms with van der Waals surface area (Å²) >= 11 is 0.950. The fourth-order valence-corrected chi connectivity index (χ4v) is 2.65. The second-order valence-corrected chi connectivity index (χ2v) is 5.29. The Morgan fingerprint density at radius 1 is 1.45 bits per heavy atom. The Hall–Kier alpha value is -2.27. The maximum Gasteiger partial charge on any atom is 0.433 e. The molecule has 2 aromatic heterocycles. The number of halogens is 3. The number of pyridine rings is 1. The van der Waals surface area contributed by atoms with Crippen LogP contribution in [0.4, 0.5) is 13.2 Å². The Kier molecular flexibility index (Phi) is 4.56. The number of alkyl halides is 3. The van der Waals surface area contributed by atoms with Crippen molar-refractivity contribution >= 4 is 18.0 Å². The zero-order valence-electron chi connectivity index (χ0n) is 11.3. The van der Waals surface area contributed by atoms with Crippen LogP contribution in [0, 0.1) is 18.3 Å². The monoisotopic (exact) mass is 326 g/mol. The van der Waals surface area contributed by atoms with Gasteiger partial charge in [-0.2, -0.15) is 18.4 Å². The van der Waals surface area contributed by atoms with Gasteiger partial charge in [-0.15, -0.1) is 0 Å². The van der Waals surface area contributed by atoms with Gasteiger partial charge in [-0.25, -0.2) is 4.98 Å². The Morgan fingerprint density at radius 3 is 2.73 bits per heavy atom. The number of furan rings is 1. The van der Waals surface area contributed by atoms with Crippen molar-refractivity contribution in [1.29, 1.82) is 5.26 Å². The number of hydrogen-bond acceptors (Lipinski definition) is 5. The van der Waals surface area contributed by atoms with E-state index in [1.54, 1.807) is 6.07 Å². The normalized spacial score (nSPS) is 11.2. The lowest BCUT2D eigenvalue weighted by Gasteiger charge is -2.11. The van der Waals surface area contributed by atoms with Gasteiger partial charge in [0.25, 0.3) is 0 Å². The van der Waals surface area contributed by atoms with Gasteiger partial charge in [0.05, 0.1) is 11.3 Å². The molecule has 8 heteroatoms. The molecule has 4 nitrogen and oxygen atoms in total. The number of carbonyl (C=O) groups excluding carboxylic acids is 1. The minimum Gasteiger partial charge on any atom is -0.457 e. The van der Waals surface area contributed by atoms with Crippen molar-refractivity contribution in [2.45, 2.75) is 23.9 Å². The van der Waals surface area contributed by atoms with Crippen molar-refractivity contribution in [2.24, 2.45) is 0 Å². The second kappa shape index (κ2) is 6.23. The first kappa shape index (κ1) is 16.1. The van der Waals surface area contributed by atoms with Gasteiger partial charge in [0.15, 0.2) is 12.0 Å². The summed E-state index contributed by atoms with van der Waals surface area (Å²) in [6.45, 7) is 1.43. The SMILES string of the molecule is Cc1cc(C(F)(F)F)nc(SCc2ccc(C=O)o2)c1C#N. The van der Waals surface area contributed by atoms with E-state index in [1.807, 2.05) is 6.07 Å². The van der Waals surface area contributed by atoms with Gasteiger partial charge in [0.1, 0.15) is 22.5 Å². The molecular weight excluding hydrogens is 317 g/mol. The minimum atomic E-state index is -4.58. The molecule has 22 heavy (non-hydrogen) atoms. The molecule has 0 N–H and O–H groups in total. The smallest absolute Gasteiger partial charge is 0.433 e. The number of aryl methyl sites for hydroxylation is 1. The van der Waals surface area contributed by atoms with Gasteiger partial charge in [-0.3, -0.25) is 4.79 Å². The highest BCUT2D eigenvalue weighted by molar-refractivity contribution is 7.98. The van der Waals surface area contributed by atoms with E-state index in [4.69, 9.17) is 9.68 Å². The van der Waals surface area contributed by atoms with Crippen LogP contribution in [0.1, 0.15) is 33.1 Å². The molecule has 0 unspecified atom stereocenters. The van der Waals surface area contributed by atoms with Crippen LogP contribution in [0.25, 0.3) is 0 Å². The molecule has 2 rings (SSSR count). The molecule has 0 bridgehead atoms. The van der Waals surface area contributed by atoms with Gasteiger partial charge in [0, 0.05) is 0 Å². The maximum atomic E-state index is 12.8. The standard InChI is InChI=1S/C14H9F3N2O2S/c1-8-4-12(14(15,16)17)19-13(11(8)5-18)22-7-10-3-2-9(6-20)21-10/h2-4,6H,7H2,1H3. The summed E-state index contributed by atoms with van der Waals surface area (Å²) in [5, 5.41) is 9.06. The highest BCUT2D eigenvalue weighted by Crippen LogP contribution is 2.33. The number of carbonyl (C=O) groups is 1. The lowest BCUT2D eigenvalue weighted by molar-refractivity contribution is -0.141. The molecule has 0 amide bonds. The number of nitriles is 1. The molecule has 0 atom stereocenters. The molecule has 2 heterocycles. The number of aromatic nitrogens is 1. The zero-order valence-corrected chi connectivity index (χ0v) is 12.1. The number of aldehydes is 1. The first-order valence-corrected chi connectivity index (χ1v) is 6.99. The largest absolute Gasteiger partial charge is 0.457 e. The van der Waals surface area contributed by atoms with Crippen LogP contribution in [-0.2, 0) is 11.9 Å². The fraction of sp³-hybridized carbons (Fsp3) is 0.214. The first-order chi connectivity index (χ1) is 10.3. The highest BCUT2D eigenvalue weighted by Gasteiger charge is 2.33. The van der Waals surface area contributed by atoms with E-state index in [0.717, 1.165) is 17.8 Å². The van der Waals surface area contributed by atoms with E-state index in [0.29, 0.717) is 12.0 Å². The Bertz CT molecular complexity index is 748. The topological polar surface area (TPSA) is 66.9 Å². The molecule has 0 fully saturated rings. The third-order valence-corrected chi connectivity index (χ3v) is 3.73. The van der Waals surface area contributed by atoms with Gasteiger partial charge < -0.3 is 4.42 Å². The van der Waals surface area contributed by atoms with Crippen LogP contribution in [0.3, 0.4) is 0 Å². The number of thioether (sulfide) groups is 1. The van der Waals surface area contributed by atoms with Crippen LogP contribution in [0.2, 0.25) is 0 Å². The van der Waals surface area contributed by atoms with Crippen molar-refractivity contribution in [2.75, 3.05) is 0 Å².